The molecule has 2 saturated heterocycles. The van der Waals surface area contributed by atoms with E-state index in [0.717, 1.165) is 38.1 Å². The Balaban J connectivity index is 1.50. The summed E-state index contributed by atoms with van der Waals surface area (Å²) in [6.45, 7) is 0.397. The Hall–Kier alpha value is -1.96. The number of benzene rings is 1. The first-order valence-corrected chi connectivity index (χ1v) is 9.04. The van der Waals surface area contributed by atoms with Gasteiger partial charge < -0.3 is 20.3 Å². The lowest BCUT2D eigenvalue weighted by atomic mass is 9.80. The Morgan fingerprint density at radius 2 is 2.00 bits per heavy atom. The van der Waals surface area contributed by atoms with Gasteiger partial charge in [0, 0.05) is 24.8 Å². The summed E-state index contributed by atoms with van der Waals surface area (Å²) in [4.78, 5) is 14.1. The minimum absolute atomic E-state index is 0.215. The van der Waals surface area contributed by atoms with Crippen LogP contribution in [0.2, 0.25) is 0 Å². The van der Waals surface area contributed by atoms with Gasteiger partial charge in [-0.15, -0.1) is 0 Å². The summed E-state index contributed by atoms with van der Waals surface area (Å²) in [6.07, 6.45) is 4.39. The fourth-order valence-electron chi connectivity index (χ4n) is 3.83. The topological polar surface area (TPSA) is 53.6 Å². The van der Waals surface area contributed by atoms with E-state index in [4.69, 9.17) is 0 Å². The number of hydrogen-bond acceptors (Lipinski definition) is 3. The quantitative estimate of drug-likeness (QED) is 0.849. The van der Waals surface area contributed by atoms with E-state index in [2.05, 4.69) is 15.4 Å². The minimum atomic E-state index is -3.09. The van der Waals surface area contributed by atoms with Crippen LogP contribution in [0.4, 0.5) is 23.7 Å². The minimum Gasteiger partial charge on any atom is -0.432 e. The van der Waals surface area contributed by atoms with Crippen molar-refractivity contribution in [1.29, 1.82) is 0 Å². The molecular formula is C18H24F3N3O2. The van der Waals surface area contributed by atoms with Crippen molar-refractivity contribution in [2.45, 2.75) is 32.3 Å². The first-order chi connectivity index (χ1) is 12.5. The molecule has 3 rings (SSSR count). The summed E-state index contributed by atoms with van der Waals surface area (Å²) in [6, 6.07) is 3.11. The van der Waals surface area contributed by atoms with Crippen molar-refractivity contribution in [1.82, 2.24) is 10.2 Å². The highest BCUT2D eigenvalue weighted by atomic mass is 19.3. The predicted octanol–water partition coefficient (Wildman–Crippen LogP) is 3.67. The molecule has 0 aliphatic carbocycles. The molecule has 1 aromatic rings. The number of likely N-dealkylation sites (tertiary alicyclic amines) is 1. The van der Waals surface area contributed by atoms with E-state index in [1.54, 1.807) is 4.90 Å². The first-order valence-electron chi connectivity index (χ1n) is 9.04. The molecule has 144 valence electrons. The van der Waals surface area contributed by atoms with Gasteiger partial charge in [0.2, 0.25) is 0 Å². The summed E-state index contributed by atoms with van der Waals surface area (Å²) < 4.78 is 42.1. The molecule has 2 aliphatic rings. The standard InChI is InChI=1S/C18H24F3N3O2/c19-15-10-14(3-4-16(15)26-17(20)21)23-18(25)24-8-5-12(6-9-24)13-2-1-7-22-11-13/h3-4,10,12-13,17,22H,1-2,5-9,11H2,(H,23,25). The van der Waals surface area contributed by atoms with Gasteiger partial charge in [-0.2, -0.15) is 8.78 Å². The summed E-state index contributed by atoms with van der Waals surface area (Å²) in [5.41, 5.74) is 0.215. The van der Waals surface area contributed by atoms with E-state index < -0.39 is 18.2 Å². The van der Waals surface area contributed by atoms with Crippen molar-refractivity contribution in [3.05, 3.63) is 24.0 Å². The third kappa shape index (κ3) is 4.81. The van der Waals surface area contributed by atoms with Gasteiger partial charge in [-0.3, -0.25) is 0 Å². The maximum Gasteiger partial charge on any atom is 0.387 e. The number of nitrogens with one attached hydrogen (secondary N) is 2. The molecule has 0 aromatic heterocycles. The van der Waals surface area contributed by atoms with Crippen molar-refractivity contribution in [3.8, 4) is 5.75 Å². The molecule has 1 atom stereocenters. The van der Waals surface area contributed by atoms with Crippen LogP contribution in [0.1, 0.15) is 25.7 Å². The second-order valence-corrected chi connectivity index (χ2v) is 6.88. The normalized spacial score (nSPS) is 21.7. The lowest BCUT2D eigenvalue weighted by molar-refractivity contribution is -0.0521. The summed E-state index contributed by atoms with van der Waals surface area (Å²) in [7, 11) is 0. The lowest BCUT2D eigenvalue weighted by Crippen LogP contribution is -2.44. The molecule has 0 saturated carbocycles. The molecule has 2 aliphatic heterocycles. The average Bonchev–Trinajstić information content (AvgIpc) is 2.64. The third-order valence-corrected chi connectivity index (χ3v) is 5.23. The molecule has 8 heteroatoms. The van der Waals surface area contributed by atoms with Crippen LogP contribution in [0, 0.1) is 17.7 Å². The van der Waals surface area contributed by atoms with E-state index in [0.29, 0.717) is 24.9 Å². The summed E-state index contributed by atoms with van der Waals surface area (Å²) >= 11 is 0. The summed E-state index contributed by atoms with van der Waals surface area (Å²) in [5, 5.41) is 6.05. The molecule has 1 unspecified atom stereocenters. The van der Waals surface area contributed by atoms with Crippen LogP contribution in [-0.4, -0.2) is 43.7 Å². The van der Waals surface area contributed by atoms with Gasteiger partial charge in [0.25, 0.3) is 0 Å². The highest BCUT2D eigenvalue weighted by Crippen LogP contribution is 2.30. The van der Waals surface area contributed by atoms with Crippen molar-refractivity contribution in [2.75, 3.05) is 31.5 Å². The Kier molecular flexibility index (Phi) is 6.24. The van der Waals surface area contributed by atoms with Gasteiger partial charge in [0.15, 0.2) is 11.6 Å². The maximum atomic E-state index is 13.7. The first kappa shape index (κ1) is 18.8. The SMILES string of the molecule is O=C(Nc1ccc(OC(F)F)c(F)c1)N1CCC(C2CCCNC2)CC1. The number of nitrogens with zero attached hydrogens (tertiary/aromatic N) is 1. The van der Waals surface area contributed by atoms with E-state index in [1.807, 2.05) is 0 Å². The molecule has 2 heterocycles. The number of anilines is 1. The average molecular weight is 371 g/mol. The summed E-state index contributed by atoms with van der Waals surface area (Å²) in [5.74, 6) is -0.160. The molecule has 0 spiro atoms. The molecule has 26 heavy (non-hydrogen) atoms. The monoisotopic (exact) mass is 371 g/mol. The number of carbonyl (C=O) groups excluding carboxylic acids is 1. The second-order valence-electron chi connectivity index (χ2n) is 6.88. The van der Waals surface area contributed by atoms with E-state index in [9.17, 15) is 18.0 Å². The Morgan fingerprint density at radius 1 is 1.23 bits per heavy atom. The number of urea groups is 1. The highest BCUT2D eigenvalue weighted by molar-refractivity contribution is 5.89. The number of piperidine rings is 2. The third-order valence-electron chi connectivity index (χ3n) is 5.23. The van der Waals surface area contributed by atoms with Gasteiger partial charge in [0.05, 0.1) is 0 Å². The van der Waals surface area contributed by atoms with Crippen molar-refractivity contribution in [2.24, 2.45) is 11.8 Å². The molecule has 0 bridgehead atoms. The van der Waals surface area contributed by atoms with E-state index >= 15 is 0 Å². The number of halogens is 3. The zero-order chi connectivity index (χ0) is 18.5. The van der Waals surface area contributed by atoms with Gasteiger partial charge in [-0.25, -0.2) is 9.18 Å². The molecule has 2 N–H and O–H groups in total. The second kappa shape index (κ2) is 8.62. The van der Waals surface area contributed by atoms with E-state index in [-0.39, 0.29) is 11.7 Å². The van der Waals surface area contributed by atoms with Gasteiger partial charge >= 0.3 is 12.6 Å². The molecular weight excluding hydrogens is 347 g/mol. The van der Waals surface area contributed by atoms with Crippen LogP contribution < -0.4 is 15.4 Å². The fraction of sp³-hybridized carbons (Fsp3) is 0.611. The smallest absolute Gasteiger partial charge is 0.387 e. The van der Waals surface area contributed by atoms with Crippen LogP contribution in [0.3, 0.4) is 0 Å². The molecule has 2 fully saturated rings. The molecule has 0 radical (unpaired) electrons. The van der Waals surface area contributed by atoms with Gasteiger partial charge in [-0.1, -0.05) is 0 Å². The Morgan fingerprint density at radius 3 is 2.62 bits per heavy atom. The van der Waals surface area contributed by atoms with Crippen molar-refractivity contribution < 1.29 is 22.7 Å². The van der Waals surface area contributed by atoms with Crippen LogP contribution in [-0.2, 0) is 0 Å². The van der Waals surface area contributed by atoms with Crippen LogP contribution >= 0.6 is 0 Å². The van der Waals surface area contributed by atoms with Crippen LogP contribution in [0.5, 0.6) is 5.75 Å². The number of alkyl halides is 2. The number of amides is 2. The lowest BCUT2D eigenvalue weighted by Gasteiger charge is -2.37. The number of rotatable bonds is 4. The van der Waals surface area contributed by atoms with Gasteiger partial charge in [0.1, 0.15) is 0 Å². The van der Waals surface area contributed by atoms with Gasteiger partial charge in [-0.05, 0) is 62.7 Å². The zero-order valence-electron chi connectivity index (χ0n) is 14.5. The molecule has 2 amide bonds. The fourth-order valence-corrected chi connectivity index (χ4v) is 3.83. The van der Waals surface area contributed by atoms with E-state index in [1.165, 1.54) is 18.9 Å². The maximum absolute atomic E-state index is 13.7. The molecule has 1 aromatic carbocycles. The Labute approximate surface area is 150 Å². The number of carbonyl (C=O) groups is 1. The molecule has 5 nitrogen and oxygen atoms in total. The van der Waals surface area contributed by atoms with Crippen LogP contribution in [0.15, 0.2) is 18.2 Å². The number of ether oxygens (including phenoxy) is 1. The van der Waals surface area contributed by atoms with Crippen molar-refractivity contribution >= 4 is 11.7 Å². The Bertz CT molecular complexity index is 616. The number of hydrogen-bond donors (Lipinski definition) is 2. The highest BCUT2D eigenvalue weighted by Gasteiger charge is 2.29. The zero-order valence-corrected chi connectivity index (χ0v) is 14.5. The largest absolute Gasteiger partial charge is 0.432 e. The van der Waals surface area contributed by atoms with Crippen LogP contribution in [0.25, 0.3) is 0 Å². The predicted molar refractivity (Wildman–Crippen MR) is 91.9 cm³/mol. The van der Waals surface area contributed by atoms with Crippen molar-refractivity contribution in [3.63, 3.8) is 0 Å².